The maximum atomic E-state index is 13.3. The fourth-order valence-corrected chi connectivity index (χ4v) is 4.03. The summed E-state index contributed by atoms with van der Waals surface area (Å²) in [6, 6.07) is 1.68. The average molecular weight is 469 g/mol. The molecule has 14 heteroatoms. The largest absolute Gasteiger partial charge is 0.534 e. The number of carbonyl (C=O) groups is 1. The van der Waals surface area contributed by atoms with Crippen LogP contribution < -0.4 is 4.90 Å². The lowest BCUT2D eigenvalue weighted by Crippen LogP contribution is -2.39. The molecule has 31 heavy (non-hydrogen) atoms. The van der Waals surface area contributed by atoms with Gasteiger partial charge in [0, 0.05) is 19.2 Å². The van der Waals surface area contributed by atoms with Crippen molar-refractivity contribution in [2.75, 3.05) is 11.9 Å². The molecule has 0 unspecified atom stereocenters. The number of anilines is 1. The monoisotopic (exact) mass is 469 g/mol. The van der Waals surface area contributed by atoms with E-state index in [4.69, 9.17) is 5.26 Å². The van der Waals surface area contributed by atoms with E-state index < -0.39 is 56.8 Å². The van der Waals surface area contributed by atoms with Gasteiger partial charge in [0.15, 0.2) is 0 Å². The van der Waals surface area contributed by atoms with E-state index in [1.54, 1.807) is 0 Å². The van der Waals surface area contributed by atoms with Crippen molar-refractivity contribution in [2.45, 2.75) is 36.6 Å². The number of amides is 2. The lowest BCUT2D eigenvalue weighted by Gasteiger charge is -2.30. The van der Waals surface area contributed by atoms with E-state index in [1.807, 2.05) is 0 Å². The predicted octanol–water partition coefficient (Wildman–Crippen LogP) is 3.73. The Morgan fingerprint density at radius 2 is 1.84 bits per heavy atom. The first-order valence-corrected chi connectivity index (χ1v) is 9.97. The molecular weight excluding hydrogens is 456 g/mol. The van der Waals surface area contributed by atoms with Crippen LogP contribution in [-0.2, 0) is 20.5 Å². The number of rotatable bonds is 3. The third-order valence-electron chi connectivity index (χ3n) is 4.93. The Bertz CT molecular complexity index is 1090. The van der Waals surface area contributed by atoms with Gasteiger partial charge in [0.05, 0.1) is 29.3 Å². The maximum Gasteiger partial charge on any atom is 0.534 e. The number of halogens is 6. The van der Waals surface area contributed by atoms with Gasteiger partial charge in [0.2, 0.25) is 0 Å². The van der Waals surface area contributed by atoms with Gasteiger partial charge >= 0.3 is 27.8 Å². The van der Waals surface area contributed by atoms with E-state index in [9.17, 15) is 39.6 Å². The lowest BCUT2D eigenvalue weighted by atomic mass is 9.94. The standard InChI is InChI=1S/C17H13F6N3O4S/c1-25-14-7-11(30-31(28,29)17(21,22)23)4-5-13(14)26(15(25)27)10-3-2-9(8-24)12(6-10)16(18,19)20/h2-3,6-7,13-14H,4-5H2,1H3/t13-,14+/m1/s1. The van der Waals surface area contributed by atoms with Crippen LogP contribution in [0.5, 0.6) is 0 Å². The van der Waals surface area contributed by atoms with E-state index in [0.29, 0.717) is 6.07 Å². The number of alkyl halides is 6. The minimum Gasteiger partial charge on any atom is -0.381 e. The SMILES string of the molecule is CN1C(=O)N(c2ccc(C#N)c(C(F)(F)F)c2)[C@@H]2CCC(OS(=O)(=O)C(F)(F)F)=C[C@@H]21. The molecule has 1 aliphatic heterocycles. The predicted molar refractivity (Wildman–Crippen MR) is 92.7 cm³/mol. The molecule has 0 saturated carbocycles. The summed E-state index contributed by atoms with van der Waals surface area (Å²) < 4.78 is 104. The van der Waals surface area contributed by atoms with Crippen molar-refractivity contribution >= 4 is 21.8 Å². The number of nitrogens with zero attached hydrogens (tertiary/aromatic N) is 3. The first-order valence-electron chi connectivity index (χ1n) is 8.56. The minimum absolute atomic E-state index is 0.0681. The molecule has 2 aliphatic rings. The van der Waals surface area contributed by atoms with Crippen LogP contribution in [-0.4, -0.2) is 44.0 Å². The quantitative estimate of drug-likeness (QED) is 0.382. The topological polar surface area (TPSA) is 90.7 Å². The minimum atomic E-state index is -5.89. The number of hydrogen-bond donors (Lipinski definition) is 0. The van der Waals surface area contributed by atoms with E-state index in [2.05, 4.69) is 4.18 Å². The second kappa shape index (κ2) is 7.33. The van der Waals surface area contributed by atoms with Gasteiger partial charge in [-0.1, -0.05) is 0 Å². The highest BCUT2D eigenvalue weighted by molar-refractivity contribution is 7.87. The molecule has 0 aromatic heterocycles. The van der Waals surface area contributed by atoms with Gasteiger partial charge in [-0.05, 0) is 30.7 Å². The molecule has 1 aliphatic carbocycles. The van der Waals surface area contributed by atoms with Gasteiger partial charge < -0.3 is 9.08 Å². The molecule has 0 radical (unpaired) electrons. The molecule has 1 saturated heterocycles. The number of fused-ring (bicyclic) bond motifs is 1. The highest BCUT2D eigenvalue weighted by Gasteiger charge is 2.51. The number of hydrogen-bond acceptors (Lipinski definition) is 5. The molecule has 1 aromatic carbocycles. The normalized spacial score (nSPS) is 22.1. The summed E-state index contributed by atoms with van der Waals surface area (Å²) in [5, 5.41) is 8.91. The summed E-state index contributed by atoms with van der Waals surface area (Å²) in [7, 11) is -4.62. The van der Waals surface area contributed by atoms with Crippen molar-refractivity contribution in [2.24, 2.45) is 0 Å². The van der Waals surface area contributed by atoms with E-state index in [1.165, 1.54) is 13.1 Å². The highest BCUT2D eigenvalue weighted by atomic mass is 32.2. The smallest absolute Gasteiger partial charge is 0.381 e. The molecule has 0 bridgehead atoms. The molecule has 3 rings (SSSR count). The summed E-state index contributed by atoms with van der Waals surface area (Å²) in [5.74, 6) is -0.518. The van der Waals surface area contributed by atoms with Gasteiger partial charge in [0.1, 0.15) is 5.76 Å². The first-order chi connectivity index (χ1) is 14.2. The van der Waals surface area contributed by atoms with Gasteiger partial charge in [-0.15, -0.1) is 0 Å². The second-order valence-corrected chi connectivity index (χ2v) is 8.35. The van der Waals surface area contributed by atoms with Crippen LogP contribution in [0.25, 0.3) is 0 Å². The number of benzene rings is 1. The third kappa shape index (κ3) is 4.01. The zero-order valence-corrected chi connectivity index (χ0v) is 16.3. The molecule has 1 fully saturated rings. The fourth-order valence-electron chi connectivity index (χ4n) is 3.51. The molecule has 2 atom stereocenters. The van der Waals surface area contributed by atoms with Gasteiger partial charge in [-0.25, -0.2) is 4.79 Å². The van der Waals surface area contributed by atoms with Crippen molar-refractivity contribution in [1.82, 2.24) is 4.90 Å². The number of carbonyl (C=O) groups excluding carboxylic acids is 1. The fraction of sp³-hybridized carbons (Fsp3) is 0.412. The molecule has 0 spiro atoms. The summed E-state index contributed by atoms with van der Waals surface area (Å²) in [5.41, 5.74) is -7.66. The Morgan fingerprint density at radius 1 is 1.19 bits per heavy atom. The molecule has 1 aromatic rings. The summed E-state index contributed by atoms with van der Waals surface area (Å²) in [6.45, 7) is 0. The Balaban J connectivity index is 1.96. The summed E-state index contributed by atoms with van der Waals surface area (Å²) >= 11 is 0. The van der Waals surface area contributed by atoms with Crippen LogP contribution in [0.3, 0.4) is 0 Å². The Kier molecular flexibility index (Phi) is 5.37. The first kappa shape index (κ1) is 22.7. The van der Waals surface area contributed by atoms with Crippen LogP contribution in [0.1, 0.15) is 24.0 Å². The second-order valence-electron chi connectivity index (χ2n) is 6.82. The lowest BCUT2D eigenvalue weighted by molar-refractivity contribution is -0.137. The zero-order chi connectivity index (χ0) is 23.4. The van der Waals surface area contributed by atoms with E-state index in [-0.39, 0.29) is 18.5 Å². The van der Waals surface area contributed by atoms with Crippen LogP contribution in [0.2, 0.25) is 0 Å². The van der Waals surface area contributed by atoms with Crippen LogP contribution in [0.15, 0.2) is 30.0 Å². The molecule has 2 amide bonds. The van der Waals surface area contributed by atoms with Gasteiger partial charge in [-0.3, -0.25) is 4.90 Å². The summed E-state index contributed by atoms with van der Waals surface area (Å²) in [4.78, 5) is 14.8. The molecule has 7 nitrogen and oxygen atoms in total. The van der Waals surface area contributed by atoms with Crippen molar-refractivity contribution < 1.29 is 43.7 Å². The van der Waals surface area contributed by atoms with Crippen molar-refractivity contribution in [3.05, 3.63) is 41.2 Å². The van der Waals surface area contributed by atoms with Gasteiger partial charge in [0.25, 0.3) is 0 Å². The average Bonchev–Trinajstić information content (AvgIpc) is 2.90. The van der Waals surface area contributed by atoms with E-state index >= 15 is 0 Å². The molecular formula is C17H13F6N3O4S. The Hall–Kier alpha value is -2.95. The number of urea groups is 1. The number of likely N-dealkylation sites (N-methyl/N-ethyl adjacent to an activating group) is 1. The highest BCUT2D eigenvalue weighted by Crippen LogP contribution is 2.40. The molecule has 0 N–H and O–H groups in total. The summed E-state index contributed by atoms with van der Waals surface area (Å²) in [6.07, 6.45) is -4.18. The maximum absolute atomic E-state index is 13.3. The van der Waals surface area contributed by atoms with Crippen LogP contribution >= 0.6 is 0 Å². The number of allylic oxidation sites excluding steroid dienone is 1. The van der Waals surface area contributed by atoms with E-state index in [0.717, 1.165) is 28.0 Å². The van der Waals surface area contributed by atoms with Crippen molar-refractivity contribution in [3.8, 4) is 6.07 Å². The zero-order valence-electron chi connectivity index (χ0n) is 15.5. The molecule has 168 valence electrons. The van der Waals surface area contributed by atoms with Crippen molar-refractivity contribution in [3.63, 3.8) is 0 Å². The molecule has 1 heterocycles. The Morgan fingerprint density at radius 3 is 2.39 bits per heavy atom. The van der Waals surface area contributed by atoms with Crippen molar-refractivity contribution in [1.29, 1.82) is 5.26 Å². The third-order valence-corrected chi connectivity index (χ3v) is 5.93. The number of nitriles is 1. The van der Waals surface area contributed by atoms with Crippen LogP contribution in [0, 0.1) is 11.3 Å². The van der Waals surface area contributed by atoms with Crippen LogP contribution in [0.4, 0.5) is 36.8 Å². The Labute approximate surface area is 172 Å². The van der Waals surface area contributed by atoms with Gasteiger partial charge in [-0.2, -0.15) is 40.0 Å².